The van der Waals surface area contributed by atoms with Crippen LogP contribution >= 0.6 is 0 Å². The number of benzene rings is 2. The molecule has 3 nitrogen and oxygen atoms in total. The van der Waals surface area contributed by atoms with E-state index in [1.807, 2.05) is 49.0 Å². The lowest BCUT2D eigenvalue weighted by molar-refractivity contribution is -0.660. The molecule has 0 unspecified atom stereocenters. The maximum atomic E-state index is 13.6. The Hall–Kier alpha value is -3.19. The van der Waals surface area contributed by atoms with Gasteiger partial charge in [0.25, 0.3) is 0 Å². The number of rotatable bonds is 1. The topological polar surface area (TPSA) is 40.8 Å². The Morgan fingerprint density at radius 1 is 1.12 bits per heavy atom. The monoisotopic (exact) mass is 317 g/mol. The number of aromatic nitrogens is 1. The lowest BCUT2D eigenvalue weighted by Crippen LogP contribution is -2.30. The highest BCUT2D eigenvalue weighted by Crippen LogP contribution is 2.37. The molecule has 24 heavy (non-hydrogen) atoms. The number of nitriles is 1. The van der Waals surface area contributed by atoms with E-state index in [0.29, 0.717) is 22.1 Å². The lowest BCUT2D eigenvalue weighted by Gasteiger charge is -2.07. The Labute approximate surface area is 138 Å². The number of furan rings is 1. The van der Waals surface area contributed by atoms with E-state index in [1.165, 1.54) is 12.1 Å². The number of pyridine rings is 1. The summed E-state index contributed by atoms with van der Waals surface area (Å²) in [5.41, 5.74) is 4.28. The van der Waals surface area contributed by atoms with Crippen LogP contribution < -0.4 is 4.57 Å². The molecule has 4 rings (SSSR count). The van der Waals surface area contributed by atoms with Crippen LogP contribution in [0.15, 0.2) is 53.1 Å². The molecule has 0 N–H and O–H groups in total. The average Bonchev–Trinajstić information content (AvgIpc) is 2.92. The van der Waals surface area contributed by atoms with E-state index in [4.69, 9.17) is 4.42 Å². The second-order valence-electron chi connectivity index (χ2n) is 5.87. The predicted molar refractivity (Wildman–Crippen MR) is 89.7 cm³/mol. The summed E-state index contributed by atoms with van der Waals surface area (Å²) in [4.78, 5) is 0. The summed E-state index contributed by atoms with van der Waals surface area (Å²) >= 11 is 0. The van der Waals surface area contributed by atoms with Crippen molar-refractivity contribution < 1.29 is 13.4 Å². The first-order valence-electron chi connectivity index (χ1n) is 7.60. The zero-order chi connectivity index (χ0) is 16.8. The molecule has 0 aliphatic carbocycles. The van der Waals surface area contributed by atoms with Gasteiger partial charge in [0.1, 0.15) is 30.1 Å². The molecule has 0 amide bonds. The summed E-state index contributed by atoms with van der Waals surface area (Å²) in [6.07, 6.45) is 1.94. The molecule has 2 heterocycles. The number of aryl methyl sites for hydroxylation is 2. The van der Waals surface area contributed by atoms with Gasteiger partial charge in [0.2, 0.25) is 5.69 Å². The van der Waals surface area contributed by atoms with Crippen LogP contribution in [-0.4, -0.2) is 0 Å². The Morgan fingerprint density at radius 3 is 2.71 bits per heavy atom. The van der Waals surface area contributed by atoms with Gasteiger partial charge >= 0.3 is 0 Å². The SMILES string of the molecule is Cc1cc2c(oc3ccc(F)cc32)c(C#N)c1-c1cccc[n+]1C. The van der Waals surface area contributed by atoms with E-state index in [2.05, 4.69) is 6.07 Å². The predicted octanol–water partition coefficient (Wildman–Crippen LogP) is 4.40. The zero-order valence-electron chi connectivity index (χ0n) is 13.3. The fraction of sp³-hybridized carbons (Fsp3) is 0.100. The Morgan fingerprint density at radius 2 is 1.96 bits per heavy atom. The molecule has 0 aliphatic rings. The fourth-order valence-electron chi connectivity index (χ4n) is 3.24. The Bertz CT molecular complexity index is 1150. The van der Waals surface area contributed by atoms with E-state index in [0.717, 1.165) is 22.2 Å². The van der Waals surface area contributed by atoms with E-state index >= 15 is 0 Å². The van der Waals surface area contributed by atoms with Gasteiger partial charge in [-0.2, -0.15) is 5.26 Å². The van der Waals surface area contributed by atoms with Gasteiger partial charge in [-0.15, -0.1) is 0 Å². The third-order valence-electron chi connectivity index (χ3n) is 4.34. The molecule has 0 atom stereocenters. The second-order valence-corrected chi connectivity index (χ2v) is 5.87. The highest BCUT2D eigenvalue weighted by Gasteiger charge is 2.22. The molecule has 4 heteroatoms. The maximum Gasteiger partial charge on any atom is 0.214 e. The molecular formula is C20H14FN2O+. The van der Waals surface area contributed by atoms with Crippen LogP contribution in [0.3, 0.4) is 0 Å². The molecule has 0 radical (unpaired) electrons. The summed E-state index contributed by atoms with van der Waals surface area (Å²) in [6, 6.07) is 14.5. The normalized spacial score (nSPS) is 11.1. The van der Waals surface area contributed by atoms with Crippen molar-refractivity contribution in [2.24, 2.45) is 7.05 Å². The average molecular weight is 317 g/mol. The number of hydrogen-bond donors (Lipinski definition) is 0. The van der Waals surface area contributed by atoms with Gasteiger partial charge in [-0.3, -0.25) is 0 Å². The fourth-order valence-corrected chi connectivity index (χ4v) is 3.24. The van der Waals surface area contributed by atoms with Crippen molar-refractivity contribution in [3.8, 4) is 17.3 Å². The van der Waals surface area contributed by atoms with Gasteiger partial charge in [-0.1, -0.05) is 0 Å². The van der Waals surface area contributed by atoms with E-state index in [1.54, 1.807) is 6.07 Å². The van der Waals surface area contributed by atoms with Gasteiger partial charge in [-0.05, 0) is 42.8 Å². The van der Waals surface area contributed by atoms with Crippen molar-refractivity contribution in [2.75, 3.05) is 0 Å². The van der Waals surface area contributed by atoms with Gasteiger partial charge < -0.3 is 4.42 Å². The molecule has 116 valence electrons. The lowest BCUT2D eigenvalue weighted by atomic mass is 9.95. The smallest absolute Gasteiger partial charge is 0.214 e. The van der Waals surface area contributed by atoms with Crippen LogP contribution in [0.4, 0.5) is 4.39 Å². The van der Waals surface area contributed by atoms with Crippen molar-refractivity contribution in [1.29, 1.82) is 5.26 Å². The summed E-state index contributed by atoms with van der Waals surface area (Å²) in [5.74, 6) is -0.320. The van der Waals surface area contributed by atoms with Crippen molar-refractivity contribution in [3.05, 3.63) is 65.6 Å². The summed E-state index contributed by atoms with van der Waals surface area (Å²) in [5, 5.41) is 11.2. The second kappa shape index (κ2) is 5.17. The Balaban J connectivity index is 2.17. The van der Waals surface area contributed by atoms with E-state index < -0.39 is 0 Å². The van der Waals surface area contributed by atoms with Crippen molar-refractivity contribution in [2.45, 2.75) is 6.92 Å². The molecule has 0 saturated heterocycles. The van der Waals surface area contributed by atoms with Crippen LogP contribution in [0.1, 0.15) is 11.1 Å². The van der Waals surface area contributed by atoms with Crippen LogP contribution in [0.5, 0.6) is 0 Å². The molecule has 2 aromatic carbocycles. The van der Waals surface area contributed by atoms with Crippen LogP contribution in [0.25, 0.3) is 33.2 Å². The van der Waals surface area contributed by atoms with Crippen LogP contribution in [0, 0.1) is 24.1 Å². The molecule has 0 fully saturated rings. The molecule has 2 aromatic heterocycles. The number of hydrogen-bond acceptors (Lipinski definition) is 2. The first-order valence-corrected chi connectivity index (χ1v) is 7.60. The molecular weight excluding hydrogens is 303 g/mol. The minimum absolute atomic E-state index is 0.320. The zero-order valence-corrected chi connectivity index (χ0v) is 13.3. The highest BCUT2D eigenvalue weighted by atomic mass is 19.1. The quantitative estimate of drug-likeness (QED) is 0.488. The molecule has 0 bridgehead atoms. The molecule has 4 aromatic rings. The minimum Gasteiger partial charge on any atom is -0.455 e. The summed E-state index contributed by atoms with van der Waals surface area (Å²) in [6.45, 7) is 1.96. The number of halogens is 1. The first-order chi connectivity index (χ1) is 11.6. The van der Waals surface area contributed by atoms with Crippen LogP contribution in [-0.2, 0) is 7.05 Å². The molecule has 0 saturated carbocycles. The molecule has 0 aliphatic heterocycles. The maximum absolute atomic E-state index is 13.6. The third-order valence-corrected chi connectivity index (χ3v) is 4.34. The van der Waals surface area contributed by atoms with Crippen molar-refractivity contribution >= 4 is 21.9 Å². The summed E-state index contributed by atoms with van der Waals surface area (Å²) in [7, 11) is 1.94. The standard InChI is InChI=1S/C20H14FN2O/c1-12-9-15-14-10-13(21)6-7-18(14)24-20(15)16(11-22)19(12)17-5-3-4-8-23(17)2/h3-10H,1-2H3/q+1. The third kappa shape index (κ3) is 1.99. The first kappa shape index (κ1) is 14.4. The molecule has 0 spiro atoms. The van der Waals surface area contributed by atoms with Crippen molar-refractivity contribution in [3.63, 3.8) is 0 Å². The minimum atomic E-state index is -0.320. The van der Waals surface area contributed by atoms with Crippen LogP contribution in [0.2, 0.25) is 0 Å². The van der Waals surface area contributed by atoms with Crippen molar-refractivity contribution in [1.82, 2.24) is 0 Å². The largest absolute Gasteiger partial charge is 0.455 e. The Kier molecular flexibility index (Phi) is 3.10. The van der Waals surface area contributed by atoms with Gasteiger partial charge in [0.05, 0.1) is 5.56 Å². The highest BCUT2D eigenvalue weighted by molar-refractivity contribution is 6.08. The number of nitrogens with zero attached hydrogens (tertiary/aromatic N) is 2. The summed E-state index contributed by atoms with van der Waals surface area (Å²) < 4.78 is 21.5. The van der Waals surface area contributed by atoms with Gasteiger partial charge in [0.15, 0.2) is 11.8 Å². The van der Waals surface area contributed by atoms with Gasteiger partial charge in [-0.25, -0.2) is 8.96 Å². The van der Waals surface area contributed by atoms with Gasteiger partial charge in [0, 0.05) is 22.9 Å². The number of fused-ring (bicyclic) bond motifs is 3. The van der Waals surface area contributed by atoms with E-state index in [9.17, 15) is 9.65 Å². The van der Waals surface area contributed by atoms with E-state index in [-0.39, 0.29) is 5.82 Å².